The van der Waals surface area contributed by atoms with E-state index in [0.29, 0.717) is 17.1 Å². The van der Waals surface area contributed by atoms with Gasteiger partial charge < -0.3 is 15.3 Å². The number of furan rings is 1. The highest BCUT2D eigenvalue weighted by Gasteiger charge is 2.08. The maximum atomic E-state index is 10.9. The Morgan fingerprint density at radius 2 is 1.86 bits per heavy atom. The Hall–Kier alpha value is -3.33. The van der Waals surface area contributed by atoms with Gasteiger partial charge in [-0.3, -0.25) is 4.79 Å². The first kappa shape index (κ1) is 14.1. The molecule has 6 heteroatoms. The molecule has 3 N–H and O–H groups in total. The number of primary amides is 1. The monoisotopic (exact) mass is 282 g/mol. The topological polar surface area (TPSA) is 117 Å². The van der Waals surface area contributed by atoms with Crippen molar-refractivity contribution in [1.29, 1.82) is 5.26 Å². The molecule has 21 heavy (non-hydrogen) atoms. The van der Waals surface area contributed by atoms with E-state index in [1.807, 2.05) is 0 Å². The zero-order valence-corrected chi connectivity index (χ0v) is 10.7. The number of nitrogens with zero attached hydrogens (tertiary/aromatic N) is 1. The summed E-state index contributed by atoms with van der Waals surface area (Å²) in [6.07, 6.45) is 1.25. The lowest BCUT2D eigenvalue weighted by Gasteiger charge is -1.98. The average Bonchev–Trinajstić information content (AvgIpc) is 2.93. The molecule has 104 valence electrons. The van der Waals surface area contributed by atoms with Crippen LogP contribution in [0.2, 0.25) is 0 Å². The molecule has 1 amide bonds. The van der Waals surface area contributed by atoms with E-state index in [0.717, 1.165) is 0 Å². The molecule has 0 fully saturated rings. The van der Waals surface area contributed by atoms with Crippen LogP contribution in [0.15, 0.2) is 46.4 Å². The molecule has 0 aliphatic rings. The molecule has 0 spiro atoms. The maximum absolute atomic E-state index is 10.9. The second kappa shape index (κ2) is 5.75. The second-order valence-electron chi connectivity index (χ2n) is 4.12. The Morgan fingerprint density at radius 3 is 2.38 bits per heavy atom. The number of carboxylic acid groups (broad SMARTS) is 1. The van der Waals surface area contributed by atoms with Crippen molar-refractivity contribution < 1.29 is 19.1 Å². The van der Waals surface area contributed by atoms with Crippen LogP contribution >= 0.6 is 0 Å². The Kier molecular flexibility index (Phi) is 3.86. The number of carboxylic acids is 1. The number of nitriles is 1. The SMILES string of the molecule is N#C/C(=C/c1ccc(-c2ccc(C(=O)O)cc2)o1)C(N)=O. The highest BCUT2D eigenvalue weighted by molar-refractivity contribution is 6.00. The summed E-state index contributed by atoms with van der Waals surface area (Å²) < 4.78 is 5.47. The molecule has 0 saturated heterocycles. The quantitative estimate of drug-likeness (QED) is 0.657. The molecule has 0 aliphatic carbocycles. The van der Waals surface area contributed by atoms with Gasteiger partial charge in [-0.25, -0.2) is 4.79 Å². The number of nitrogens with two attached hydrogens (primary N) is 1. The van der Waals surface area contributed by atoms with Crippen molar-refractivity contribution in [1.82, 2.24) is 0 Å². The van der Waals surface area contributed by atoms with Gasteiger partial charge in [0.15, 0.2) is 0 Å². The Balaban J connectivity index is 2.30. The Labute approximate surface area is 119 Å². The minimum Gasteiger partial charge on any atom is -0.478 e. The molecule has 1 heterocycles. The van der Waals surface area contributed by atoms with Gasteiger partial charge in [-0.15, -0.1) is 0 Å². The highest BCUT2D eigenvalue weighted by Crippen LogP contribution is 2.23. The third-order valence-corrected chi connectivity index (χ3v) is 2.72. The number of aromatic carboxylic acids is 1. The van der Waals surface area contributed by atoms with E-state index in [1.165, 1.54) is 18.2 Å². The number of benzene rings is 1. The van der Waals surface area contributed by atoms with Crippen molar-refractivity contribution in [3.05, 3.63) is 53.3 Å². The predicted octanol–water partition coefficient (Wildman–Crippen LogP) is 2.04. The lowest BCUT2D eigenvalue weighted by Crippen LogP contribution is -2.12. The van der Waals surface area contributed by atoms with Crippen LogP contribution in [0, 0.1) is 11.3 Å². The Morgan fingerprint density at radius 1 is 1.19 bits per heavy atom. The van der Waals surface area contributed by atoms with Gasteiger partial charge in [0, 0.05) is 11.6 Å². The van der Waals surface area contributed by atoms with Crippen LogP contribution in [0.1, 0.15) is 16.1 Å². The predicted molar refractivity (Wildman–Crippen MR) is 73.9 cm³/mol. The van der Waals surface area contributed by atoms with E-state index in [-0.39, 0.29) is 11.1 Å². The number of hydrogen-bond acceptors (Lipinski definition) is 4. The molecular formula is C15H10N2O4. The van der Waals surface area contributed by atoms with Gasteiger partial charge in [-0.05, 0) is 24.3 Å². The number of carbonyl (C=O) groups is 2. The standard InChI is InChI=1S/C15H10N2O4/c16-8-11(14(17)18)7-12-5-6-13(21-12)9-1-3-10(4-2-9)15(19)20/h1-7H,(H2,17,18)(H,19,20)/b11-7-. The van der Waals surface area contributed by atoms with Gasteiger partial charge >= 0.3 is 5.97 Å². The third kappa shape index (κ3) is 3.16. The van der Waals surface area contributed by atoms with Crippen molar-refractivity contribution >= 4 is 18.0 Å². The summed E-state index contributed by atoms with van der Waals surface area (Å²) in [6, 6.07) is 11.0. The summed E-state index contributed by atoms with van der Waals surface area (Å²) >= 11 is 0. The van der Waals surface area contributed by atoms with Crippen LogP contribution < -0.4 is 5.73 Å². The van der Waals surface area contributed by atoms with Crippen LogP contribution in [0.5, 0.6) is 0 Å². The van der Waals surface area contributed by atoms with Crippen LogP contribution in [0.4, 0.5) is 0 Å². The fourth-order valence-corrected chi connectivity index (χ4v) is 1.66. The molecule has 0 atom stereocenters. The van der Waals surface area contributed by atoms with Crippen molar-refractivity contribution in [3.63, 3.8) is 0 Å². The first-order valence-corrected chi connectivity index (χ1v) is 5.86. The highest BCUT2D eigenvalue weighted by atomic mass is 16.4. The van der Waals surface area contributed by atoms with Gasteiger partial charge in [-0.1, -0.05) is 12.1 Å². The molecular weight excluding hydrogens is 272 g/mol. The molecule has 0 unspecified atom stereocenters. The smallest absolute Gasteiger partial charge is 0.335 e. The molecule has 0 radical (unpaired) electrons. The minimum absolute atomic E-state index is 0.172. The minimum atomic E-state index is -1.01. The zero-order chi connectivity index (χ0) is 15.4. The van der Waals surface area contributed by atoms with Crippen molar-refractivity contribution in [3.8, 4) is 17.4 Å². The van der Waals surface area contributed by atoms with E-state index in [9.17, 15) is 9.59 Å². The van der Waals surface area contributed by atoms with Gasteiger partial charge in [0.05, 0.1) is 5.56 Å². The van der Waals surface area contributed by atoms with Crippen molar-refractivity contribution in [2.45, 2.75) is 0 Å². The first-order chi connectivity index (χ1) is 10.0. The normalized spacial score (nSPS) is 10.9. The molecule has 0 saturated carbocycles. The first-order valence-electron chi connectivity index (χ1n) is 5.86. The summed E-state index contributed by atoms with van der Waals surface area (Å²) in [5.41, 5.74) is 5.67. The van der Waals surface area contributed by atoms with Gasteiger partial charge in [-0.2, -0.15) is 5.26 Å². The summed E-state index contributed by atoms with van der Waals surface area (Å²) in [7, 11) is 0. The molecule has 6 nitrogen and oxygen atoms in total. The summed E-state index contributed by atoms with van der Waals surface area (Å²) in [4.78, 5) is 21.7. The lowest BCUT2D eigenvalue weighted by molar-refractivity contribution is -0.114. The number of carbonyl (C=O) groups excluding carboxylic acids is 1. The van der Waals surface area contributed by atoms with Crippen LogP contribution in [0.25, 0.3) is 17.4 Å². The molecule has 2 aromatic rings. The van der Waals surface area contributed by atoms with E-state index in [1.54, 1.807) is 30.3 Å². The van der Waals surface area contributed by atoms with E-state index < -0.39 is 11.9 Å². The summed E-state index contributed by atoms with van der Waals surface area (Å²) in [5.74, 6) is -1.05. The van der Waals surface area contributed by atoms with Crippen molar-refractivity contribution in [2.24, 2.45) is 5.73 Å². The fraction of sp³-hybridized carbons (Fsp3) is 0. The fourth-order valence-electron chi connectivity index (χ4n) is 1.66. The van der Waals surface area contributed by atoms with Crippen molar-refractivity contribution in [2.75, 3.05) is 0 Å². The maximum Gasteiger partial charge on any atom is 0.335 e. The lowest BCUT2D eigenvalue weighted by atomic mass is 10.1. The summed E-state index contributed by atoms with van der Waals surface area (Å²) in [5, 5.41) is 17.6. The van der Waals surface area contributed by atoms with Crippen LogP contribution in [-0.2, 0) is 4.79 Å². The van der Waals surface area contributed by atoms with Crippen LogP contribution in [0.3, 0.4) is 0 Å². The van der Waals surface area contributed by atoms with Crippen LogP contribution in [-0.4, -0.2) is 17.0 Å². The zero-order valence-electron chi connectivity index (χ0n) is 10.7. The average molecular weight is 282 g/mol. The number of hydrogen-bond donors (Lipinski definition) is 2. The largest absolute Gasteiger partial charge is 0.478 e. The van der Waals surface area contributed by atoms with Gasteiger partial charge in [0.25, 0.3) is 5.91 Å². The second-order valence-corrected chi connectivity index (χ2v) is 4.12. The molecule has 0 aliphatic heterocycles. The third-order valence-electron chi connectivity index (χ3n) is 2.72. The van der Waals surface area contributed by atoms with E-state index >= 15 is 0 Å². The number of amides is 1. The van der Waals surface area contributed by atoms with E-state index in [4.69, 9.17) is 20.5 Å². The molecule has 1 aromatic carbocycles. The number of rotatable bonds is 4. The molecule has 0 bridgehead atoms. The Bertz CT molecular complexity index is 764. The van der Waals surface area contributed by atoms with E-state index in [2.05, 4.69) is 0 Å². The molecule has 2 rings (SSSR count). The van der Waals surface area contributed by atoms with Gasteiger partial charge in [0.1, 0.15) is 23.2 Å². The summed E-state index contributed by atoms with van der Waals surface area (Å²) in [6.45, 7) is 0. The molecule has 1 aromatic heterocycles. The van der Waals surface area contributed by atoms with Gasteiger partial charge in [0.2, 0.25) is 0 Å².